The van der Waals surface area contributed by atoms with Crippen LogP contribution in [0.25, 0.3) is 0 Å². The number of carbonyl (C=O) groups is 1. The second-order valence-corrected chi connectivity index (χ2v) is 3.26. The number of hydrogen-bond donors (Lipinski definition) is 1. The van der Waals surface area contributed by atoms with Crippen LogP contribution in [-0.4, -0.2) is 12.5 Å². The van der Waals surface area contributed by atoms with Crippen molar-refractivity contribution in [1.82, 2.24) is 5.32 Å². The van der Waals surface area contributed by atoms with E-state index in [0.29, 0.717) is 6.54 Å². The van der Waals surface area contributed by atoms with E-state index in [-0.39, 0.29) is 11.5 Å². The fourth-order valence-corrected chi connectivity index (χ4v) is 1.09. The van der Waals surface area contributed by atoms with E-state index in [1.54, 1.807) is 6.07 Å². The lowest BCUT2D eigenvalue weighted by Gasteiger charge is -2.02. The van der Waals surface area contributed by atoms with Crippen molar-refractivity contribution >= 4 is 5.91 Å². The van der Waals surface area contributed by atoms with Gasteiger partial charge in [0, 0.05) is 6.54 Å². The second-order valence-electron chi connectivity index (χ2n) is 3.26. The van der Waals surface area contributed by atoms with Crippen molar-refractivity contribution in [2.45, 2.75) is 39.0 Å². The quantitative estimate of drug-likeness (QED) is 0.383. The summed E-state index contributed by atoms with van der Waals surface area (Å²) in [5.41, 5.74) is -0.0152. The summed E-state index contributed by atoms with van der Waals surface area (Å²) in [6.45, 7) is 6.14. The monoisotopic (exact) mass is 194 g/mol. The van der Waals surface area contributed by atoms with Crippen molar-refractivity contribution in [2.24, 2.45) is 0 Å². The molecule has 0 aromatic heterocycles. The van der Waals surface area contributed by atoms with E-state index in [1.165, 1.54) is 19.3 Å². The number of rotatable bonds is 7. The molecule has 14 heavy (non-hydrogen) atoms. The number of nitrogens with zero attached hydrogens (tertiary/aromatic N) is 1. The van der Waals surface area contributed by atoms with Crippen LogP contribution in [0.2, 0.25) is 0 Å². The van der Waals surface area contributed by atoms with Gasteiger partial charge in [-0.1, -0.05) is 39.2 Å². The summed E-state index contributed by atoms with van der Waals surface area (Å²) in [5.74, 6) is -0.344. The molecular weight excluding hydrogens is 176 g/mol. The van der Waals surface area contributed by atoms with Crippen LogP contribution in [0.1, 0.15) is 39.0 Å². The molecule has 0 aromatic carbocycles. The van der Waals surface area contributed by atoms with Crippen LogP contribution in [0.4, 0.5) is 0 Å². The van der Waals surface area contributed by atoms with E-state index < -0.39 is 0 Å². The van der Waals surface area contributed by atoms with Gasteiger partial charge in [0.1, 0.15) is 11.6 Å². The van der Waals surface area contributed by atoms with Gasteiger partial charge in [0.2, 0.25) is 0 Å². The Kier molecular flexibility index (Phi) is 7.53. The molecule has 3 nitrogen and oxygen atoms in total. The topological polar surface area (TPSA) is 52.9 Å². The largest absolute Gasteiger partial charge is 0.351 e. The molecule has 0 saturated carbocycles. The lowest BCUT2D eigenvalue weighted by Crippen LogP contribution is -2.25. The van der Waals surface area contributed by atoms with E-state index in [0.717, 1.165) is 12.8 Å². The highest BCUT2D eigenvalue weighted by Crippen LogP contribution is 2.01. The van der Waals surface area contributed by atoms with Gasteiger partial charge in [0.25, 0.3) is 5.91 Å². The average Bonchev–Trinajstić information content (AvgIpc) is 2.21. The van der Waals surface area contributed by atoms with Crippen molar-refractivity contribution < 1.29 is 4.79 Å². The van der Waals surface area contributed by atoms with Crippen LogP contribution in [0.5, 0.6) is 0 Å². The summed E-state index contributed by atoms with van der Waals surface area (Å²) in [4.78, 5) is 11.0. The molecule has 0 fully saturated rings. The molecule has 0 heterocycles. The van der Waals surface area contributed by atoms with Gasteiger partial charge >= 0.3 is 0 Å². The van der Waals surface area contributed by atoms with Crippen LogP contribution < -0.4 is 5.32 Å². The van der Waals surface area contributed by atoms with E-state index >= 15 is 0 Å². The number of nitrogens with one attached hydrogen (secondary N) is 1. The normalized spacial score (nSPS) is 9.14. The van der Waals surface area contributed by atoms with Gasteiger partial charge in [-0.3, -0.25) is 4.79 Å². The number of amides is 1. The number of hydrogen-bond acceptors (Lipinski definition) is 2. The summed E-state index contributed by atoms with van der Waals surface area (Å²) < 4.78 is 0. The number of nitriles is 1. The summed E-state index contributed by atoms with van der Waals surface area (Å²) in [6, 6.07) is 1.72. The van der Waals surface area contributed by atoms with E-state index in [4.69, 9.17) is 5.26 Å². The first-order valence-corrected chi connectivity index (χ1v) is 5.09. The molecule has 0 rings (SSSR count). The third kappa shape index (κ3) is 6.24. The maximum Gasteiger partial charge on any atom is 0.261 e. The molecule has 0 aliphatic rings. The molecule has 1 N–H and O–H groups in total. The zero-order valence-electron chi connectivity index (χ0n) is 8.81. The Labute approximate surface area is 85.8 Å². The van der Waals surface area contributed by atoms with Gasteiger partial charge in [0.15, 0.2) is 0 Å². The Morgan fingerprint density at radius 1 is 1.36 bits per heavy atom. The molecule has 3 heteroatoms. The predicted octanol–water partition coefficient (Wildman–Crippen LogP) is 2.15. The van der Waals surface area contributed by atoms with Gasteiger partial charge in [-0.25, -0.2) is 0 Å². The predicted molar refractivity (Wildman–Crippen MR) is 56.5 cm³/mol. The van der Waals surface area contributed by atoms with Gasteiger partial charge < -0.3 is 5.32 Å². The van der Waals surface area contributed by atoms with Crippen molar-refractivity contribution in [3.05, 3.63) is 12.2 Å². The first kappa shape index (κ1) is 12.7. The molecule has 0 unspecified atom stereocenters. The van der Waals surface area contributed by atoms with Crippen molar-refractivity contribution in [1.29, 1.82) is 5.26 Å². The molecule has 0 atom stereocenters. The van der Waals surface area contributed by atoms with Gasteiger partial charge in [-0.05, 0) is 6.42 Å². The van der Waals surface area contributed by atoms with Crippen LogP contribution in [0, 0.1) is 11.3 Å². The zero-order chi connectivity index (χ0) is 10.8. The molecule has 0 bridgehead atoms. The molecule has 0 spiro atoms. The van der Waals surface area contributed by atoms with Crippen LogP contribution in [-0.2, 0) is 4.79 Å². The lowest BCUT2D eigenvalue weighted by molar-refractivity contribution is -0.117. The van der Waals surface area contributed by atoms with Crippen LogP contribution in [0.15, 0.2) is 12.2 Å². The SMILES string of the molecule is C=C(C#N)C(=O)NCCCCCCC. The lowest BCUT2D eigenvalue weighted by atomic mass is 10.1. The van der Waals surface area contributed by atoms with Crippen molar-refractivity contribution in [3.8, 4) is 6.07 Å². The van der Waals surface area contributed by atoms with Gasteiger partial charge in [-0.2, -0.15) is 5.26 Å². The Hall–Kier alpha value is -1.30. The fraction of sp³-hybridized carbons (Fsp3) is 0.636. The zero-order valence-corrected chi connectivity index (χ0v) is 8.81. The van der Waals surface area contributed by atoms with Crippen LogP contribution in [0.3, 0.4) is 0 Å². The Morgan fingerprint density at radius 2 is 2.00 bits per heavy atom. The summed E-state index contributed by atoms with van der Waals surface area (Å²) >= 11 is 0. The number of unbranched alkanes of at least 4 members (excludes halogenated alkanes) is 4. The Balaban J connectivity index is 3.33. The molecule has 0 aliphatic heterocycles. The maximum absolute atomic E-state index is 11.0. The smallest absolute Gasteiger partial charge is 0.261 e. The second kappa shape index (κ2) is 8.31. The Bertz CT molecular complexity index is 228. The minimum Gasteiger partial charge on any atom is -0.351 e. The molecular formula is C11H18N2O. The molecule has 1 amide bonds. The van der Waals surface area contributed by atoms with Crippen LogP contribution >= 0.6 is 0 Å². The first-order valence-electron chi connectivity index (χ1n) is 5.09. The van der Waals surface area contributed by atoms with E-state index in [9.17, 15) is 4.79 Å². The molecule has 0 radical (unpaired) electrons. The fourth-order valence-electron chi connectivity index (χ4n) is 1.09. The third-order valence-electron chi connectivity index (χ3n) is 1.97. The Morgan fingerprint density at radius 3 is 2.57 bits per heavy atom. The highest BCUT2D eigenvalue weighted by Gasteiger charge is 2.03. The summed E-state index contributed by atoms with van der Waals surface area (Å²) in [7, 11) is 0. The number of carbonyl (C=O) groups excluding carboxylic acids is 1. The molecule has 0 aliphatic carbocycles. The summed E-state index contributed by atoms with van der Waals surface area (Å²) in [6.07, 6.45) is 5.79. The third-order valence-corrected chi connectivity index (χ3v) is 1.97. The van der Waals surface area contributed by atoms with Gasteiger partial charge in [-0.15, -0.1) is 0 Å². The molecule has 0 saturated heterocycles. The van der Waals surface area contributed by atoms with E-state index in [2.05, 4.69) is 18.8 Å². The van der Waals surface area contributed by atoms with Crippen molar-refractivity contribution in [2.75, 3.05) is 6.54 Å². The molecule has 0 aromatic rings. The highest BCUT2D eigenvalue weighted by molar-refractivity contribution is 5.96. The highest BCUT2D eigenvalue weighted by atomic mass is 16.1. The van der Waals surface area contributed by atoms with Gasteiger partial charge in [0.05, 0.1) is 0 Å². The van der Waals surface area contributed by atoms with Crippen molar-refractivity contribution in [3.63, 3.8) is 0 Å². The first-order chi connectivity index (χ1) is 6.72. The minimum atomic E-state index is -0.344. The standard InChI is InChI=1S/C11H18N2O/c1-3-4-5-6-7-8-13-11(14)10(2)9-12/h2-8H2,1H3,(H,13,14). The van der Waals surface area contributed by atoms with E-state index in [1.807, 2.05) is 0 Å². The average molecular weight is 194 g/mol. The molecule has 78 valence electrons. The summed E-state index contributed by atoms with van der Waals surface area (Å²) in [5, 5.41) is 11.0. The minimum absolute atomic E-state index is 0.0152. The maximum atomic E-state index is 11.0.